The number of fused-ring (bicyclic) bond motifs is 1. The SMILES string of the molecule is C=CC(=O)Nc1cccc(Oc2nc(Nc3ccc(N(C)[C@H]4CCN(S(C)(=O)=O)C4)cc3)nc3c2ccn3COC(=O)C(C)(C)C)c1. The number of amides is 1. The lowest BCUT2D eigenvalue weighted by atomic mass is 9.98. The number of rotatable bonds is 11. The van der Waals surface area contributed by atoms with Crippen molar-refractivity contribution in [3.63, 3.8) is 0 Å². The third-order valence-corrected chi connectivity index (χ3v) is 8.98. The Bertz CT molecular complexity index is 1900. The number of esters is 1. The lowest BCUT2D eigenvalue weighted by Crippen LogP contribution is -2.36. The van der Waals surface area contributed by atoms with Crippen LogP contribution in [-0.4, -0.2) is 71.6 Å². The number of ether oxygens (including phenoxy) is 2. The third kappa shape index (κ3) is 8.07. The molecule has 14 heteroatoms. The molecule has 1 aliphatic heterocycles. The zero-order valence-corrected chi connectivity index (χ0v) is 27.9. The number of benzene rings is 2. The minimum absolute atomic E-state index is 0.0580. The Labute approximate surface area is 274 Å². The van der Waals surface area contributed by atoms with Gasteiger partial charge in [0.1, 0.15) is 5.75 Å². The van der Waals surface area contributed by atoms with Gasteiger partial charge in [-0.15, -0.1) is 0 Å². The van der Waals surface area contributed by atoms with E-state index in [-0.39, 0.29) is 36.5 Å². The molecular formula is C33H39N7O6S. The van der Waals surface area contributed by atoms with Crippen molar-refractivity contribution in [1.82, 2.24) is 18.8 Å². The molecule has 5 rings (SSSR count). The summed E-state index contributed by atoms with van der Waals surface area (Å²) in [6.45, 7) is 9.72. The first-order valence-electron chi connectivity index (χ1n) is 15.0. The van der Waals surface area contributed by atoms with E-state index in [0.717, 1.165) is 12.1 Å². The molecule has 1 fully saturated rings. The van der Waals surface area contributed by atoms with Crippen molar-refractivity contribution in [2.75, 3.05) is 41.9 Å². The molecule has 1 saturated heterocycles. The average Bonchev–Trinajstić information content (AvgIpc) is 3.68. The van der Waals surface area contributed by atoms with Crippen molar-refractivity contribution in [2.45, 2.75) is 40.0 Å². The monoisotopic (exact) mass is 661 g/mol. The van der Waals surface area contributed by atoms with Gasteiger partial charge < -0.3 is 25.0 Å². The lowest BCUT2D eigenvalue weighted by Gasteiger charge is -2.27. The molecule has 13 nitrogen and oxygen atoms in total. The molecule has 4 aromatic rings. The first-order valence-corrected chi connectivity index (χ1v) is 16.9. The van der Waals surface area contributed by atoms with Gasteiger partial charge >= 0.3 is 5.97 Å². The molecule has 0 bridgehead atoms. The average molecular weight is 662 g/mol. The summed E-state index contributed by atoms with van der Waals surface area (Å²) in [7, 11) is -1.27. The minimum atomic E-state index is -3.23. The number of nitrogens with zero attached hydrogens (tertiary/aromatic N) is 5. The predicted octanol–water partition coefficient (Wildman–Crippen LogP) is 5.11. The summed E-state index contributed by atoms with van der Waals surface area (Å²) in [6.07, 6.45) is 4.90. The van der Waals surface area contributed by atoms with Gasteiger partial charge in [0.15, 0.2) is 12.4 Å². The molecule has 0 unspecified atom stereocenters. The normalized spacial score (nSPS) is 15.3. The van der Waals surface area contributed by atoms with Crippen molar-refractivity contribution in [2.24, 2.45) is 5.41 Å². The Kier molecular flexibility index (Phi) is 9.54. The van der Waals surface area contributed by atoms with Crippen LogP contribution in [0.2, 0.25) is 0 Å². The van der Waals surface area contributed by atoms with Crippen molar-refractivity contribution in [1.29, 1.82) is 0 Å². The smallest absolute Gasteiger partial charge is 0.312 e. The minimum Gasteiger partial charge on any atom is -0.443 e. The van der Waals surface area contributed by atoms with Crippen LogP contribution in [0.25, 0.3) is 11.0 Å². The molecule has 0 radical (unpaired) electrons. The molecule has 1 atom stereocenters. The van der Waals surface area contributed by atoms with E-state index in [2.05, 4.69) is 27.1 Å². The number of likely N-dealkylation sites (N-methyl/N-ethyl adjacent to an activating group) is 1. The second-order valence-corrected chi connectivity index (χ2v) is 14.3. The van der Waals surface area contributed by atoms with E-state index in [4.69, 9.17) is 14.5 Å². The molecule has 2 aromatic carbocycles. The molecule has 3 heterocycles. The fourth-order valence-corrected chi connectivity index (χ4v) is 5.89. The Hall–Kier alpha value is -4.95. The number of sulfonamides is 1. The van der Waals surface area contributed by atoms with E-state index >= 15 is 0 Å². The lowest BCUT2D eigenvalue weighted by molar-refractivity contribution is -0.156. The molecule has 248 valence electrons. The van der Waals surface area contributed by atoms with E-state index in [1.54, 1.807) is 61.9 Å². The van der Waals surface area contributed by atoms with Crippen molar-refractivity contribution >= 4 is 55.9 Å². The standard InChI is InChI=1S/C33H39N7O6S/c1-7-28(41)34-23-9-8-10-26(19-23)46-30-27-16-17-39(21-45-31(42)33(2,3)4)29(27)36-32(37-30)35-22-11-13-24(14-12-22)38(5)25-15-18-40(20-25)47(6,43)44/h7-14,16-17,19,25H,1,15,18,20-21H2,2-6H3,(H,34,41)(H,35,36,37)/t25-/m0/s1. The molecule has 1 aliphatic rings. The highest BCUT2D eigenvalue weighted by molar-refractivity contribution is 7.88. The number of anilines is 4. The Morgan fingerprint density at radius 2 is 1.85 bits per heavy atom. The van der Waals surface area contributed by atoms with Crippen molar-refractivity contribution in [3.8, 4) is 11.6 Å². The Balaban J connectivity index is 1.41. The van der Waals surface area contributed by atoms with Crippen LogP contribution in [0.15, 0.2) is 73.4 Å². The van der Waals surface area contributed by atoms with Gasteiger partial charge in [0.25, 0.3) is 0 Å². The van der Waals surface area contributed by atoms with E-state index in [0.29, 0.717) is 41.2 Å². The van der Waals surface area contributed by atoms with Gasteiger partial charge in [-0.05, 0) is 75.7 Å². The maximum atomic E-state index is 12.5. The first kappa shape index (κ1) is 33.4. The van der Waals surface area contributed by atoms with Crippen LogP contribution < -0.4 is 20.3 Å². The molecule has 0 saturated carbocycles. The number of nitrogens with one attached hydrogen (secondary N) is 2. The number of aromatic nitrogens is 3. The third-order valence-electron chi connectivity index (χ3n) is 7.71. The Morgan fingerprint density at radius 3 is 2.51 bits per heavy atom. The van der Waals surface area contributed by atoms with Gasteiger partial charge in [-0.25, -0.2) is 12.7 Å². The molecule has 0 aliphatic carbocycles. The van der Waals surface area contributed by atoms with Gasteiger partial charge in [0.05, 0.1) is 17.1 Å². The maximum absolute atomic E-state index is 12.5. The number of carbonyl (C=O) groups is 2. The highest BCUT2D eigenvalue weighted by atomic mass is 32.2. The fraction of sp³-hybridized carbons (Fsp3) is 0.333. The van der Waals surface area contributed by atoms with Gasteiger partial charge in [-0.3, -0.25) is 14.2 Å². The van der Waals surface area contributed by atoms with Gasteiger partial charge in [0.2, 0.25) is 27.8 Å². The summed E-state index contributed by atoms with van der Waals surface area (Å²) in [5, 5.41) is 6.54. The molecule has 47 heavy (non-hydrogen) atoms. The van der Waals surface area contributed by atoms with Crippen LogP contribution >= 0.6 is 0 Å². The first-order chi connectivity index (χ1) is 22.2. The predicted molar refractivity (Wildman–Crippen MR) is 181 cm³/mol. The topological polar surface area (TPSA) is 148 Å². The van der Waals surface area contributed by atoms with Gasteiger partial charge in [-0.2, -0.15) is 9.97 Å². The summed E-state index contributed by atoms with van der Waals surface area (Å²) in [5.41, 5.74) is 1.98. The highest BCUT2D eigenvalue weighted by Crippen LogP contribution is 2.32. The van der Waals surface area contributed by atoms with Crippen LogP contribution in [0.5, 0.6) is 11.6 Å². The molecule has 2 aromatic heterocycles. The Morgan fingerprint density at radius 1 is 1.11 bits per heavy atom. The molecular weight excluding hydrogens is 622 g/mol. The largest absolute Gasteiger partial charge is 0.443 e. The summed E-state index contributed by atoms with van der Waals surface area (Å²) in [4.78, 5) is 35.8. The summed E-state index contributed by atoms with van der Waals surface area (Å²) >= 11 is 0. The van der Waals surface area contributed by atoms with Crippen molar-refractivity contribution in [3.05, 3.63) is 73.4 Å². The summed E-state index contributed by atoms with van der Waals surface area (Å²) in [5.74, 6) is 0.216. The number of hydrogen-bond acceptors (Lipinski definition) is 10. The second-order valence-electron chi connectivity index (χ2n) is 12.4. The van der Waals surface area contributed by atoms with E-state index < -0.39 is 15.4 Å². The van der Waals surface area contributed by atoms with Crippen LogP contribution in [0.1, 0.15) is 27.2 Å². The molecule has 1 amide bonds. The van der Waals surface area contributed by atoms with E-state index in [9.17, 15) is 18.0 Å². The van der Waals surface area contributed by atoms with Crippen LogP contribution in [-0.2, 0) is 31.1 Å². The number of carbonyl (C=O) groups excluding carboxylic acids is 2. The summed E-state index contributed by atoms with van der Waals surface area (Å²) < 4.78 is 38.9. The fourth-order valence-electron chi connectivity index (χ4n) is 5.01. The van der Waals surface area contributed by atoms with Crippen molar-refractivity contribution < 1.29 is 27.5 Å². The van der Waals surface area contributed by atoms with Crippen LogP contribution in [0, 0.1) is 5.41 Å². The zero-order chi connectivity index (χ0) is 33.9. The highest BCUT2D eigenvalue weighted by Gasteiger charge is 2.31. The molecule has 0 spiro atoms. The second kappa shape index (κ2) is 13.4. The van der Waals surface area contributed by atoms with Crippen LogP contribution in [0.3, 0.4) is 0 Å². The van der Waals surface area contributed by atoms with Crippen LogP contribution in [0.4, 0.5) is 23.0 Å². The van der Waals surface area contributed by atoms with E-state index in [1.165, 1.54) is 16.6 Å². The summed E-state index contributed by atoms with van der Waals surface area (Å²) in [6, 6.07) is 16.4. The van der Waals surface area contributed by atoms with E-state index in [1.807, 2.05) is 31.3 Å². The maximum Gasteiger partial charge on any atom is 0.312 e. The zero-order valence-electron chi connectivity index (χ0n) is 27.1. The molecule has 2 N–H and O–H groups in total. The number of hydrogen-bond donors (Lipinski definition) is 2. The van der Waals surface area contributed by atoms with Gasteiger partial charge in [-0.1, -0.05) is 12.6 Å². The van der Waals surface area contributed by atoms with Gasteiger partial charge in [0, 0.05) is 55.5 Å². The quantitative estimate of drug-likeness (QED) is 0.164.